The Kier molecular flexibility index (Phi) is 10.7. The molecule has 2 aromatic rings. The van der Waals surface area contributed by atoms with E-state index in [1.807, 2.05) is 56.3 Å². The summed E-state index contributed by atoms with van der Waals surface area (Å²) in [7, 11) is 1.65. The van der Waals surface area contributed by atoms with Crippen LogP contribution in [0.5, 0.6) is 5.75 Å². The number of carbonyl (C=O) groups is 1. The zero-order chi connectivity index (χ0) is 21.2. The number of nitrogens with two attached hydrogens (primary N) is 1. The van der Waals surface area contributed by atoms with Crippen molar-refractivity contribution in [2.24, 2.45) is 10.9 Å². The summed E-state index contributed by atoms with van der Waals surface area (Å²) in [4.78, 5) is 11.4. The largest absolute Gasteiger partial charge is 0.491 e. The van der Waals surface area contributed by atoms with E-state index in [0.29, 0.717) is 6.61 Å². The van der Waals surface area contributed by atoms with Gasteiger partial charge in [-0.25, -0.2) is 0 Å². The van der Waals surface area contributed by atoms with Gasteiger partial charge in [-0.1, -0.05) is 18.2 Å². The van der Waals surface area contributed by atoms with Gasteiger partial charge in [-0.3, -0.25) is 4.79 Å². The molecule has 0 heterocycles. The van der Waals surface area contributed by atoms with Gasteiger partial charge in [-0.15, -0.1) is 12.4 Å². The number of esters is 1. The number of rotatable bonds is 10. The second-order valence-electron chi connectivity index (χ2n) is 6.87. The summed E-state index contributed by atoms with van der Waals surface area (Å²) in [6.07, 6.45) is 1.63. The quantitative estimate of drug-likeness (QED) is 0.253. The van der Waals surface area contributed by atoms with Crippen LogP contribution in [0.15, 0.2) is 47.6 Å². The smallest absolute Gasteiger partial charge is 0.302 e. The van der Waals surface area contributed by atoms with Gasteiger partial charge in [0.2, 0.25) is 0 Å². The molecule has 0 amide bonds. The van der Waals surface area contributed by atoms with E-state index in [1.165, 1.54) is 6.92 Å². The fourth-order valence-electron chi connectivity index (χ4n) is 2.83. The molecule has 2 aromatic carbocycles. The number of carbonyl (C=O) groups excluding carboxylic acids is 1. The number of methoxy groups -OCH3 is 1. The minimum absolute atomic E-state index is 0. The van der Waals surface area contributed by atoms with Gasteiger partial charge in [0.25, 0.3) is 0 Å². The second-order valence-corrected chi connectivity index (χ2v) is 6.87. The second kappa shape index (κ2) is 12.7. The highest BCUT2D eigenvalue weighted by Crippen LogP contribution is 2.28. The van der Waals surface area contributed by atoms with Gasteiger partial charge < -0.3 is 25.4 Å². The SMILES string of the molecule is COCc1cc(C(COC(C)=O)Nc2ccc(C=NN)cc2)ccc1OC(C)C.Cl. The molecule has 7 nitrogen and oxygen atoms in total. The van der Waals surface area contributed by atoms with Gasteiger partial charge in [0.05, 0.1) is 25.0 Å². The van der Waals surface area contributed by atoms with Crippen LogP contribution >= 0.6 is 12.4 Å². The molecule has 0 saturated heterocycles. The van der Waals surface area contributed by atoms with Crippen LogP contribution in [0.1, 0.15) is 43.5 Å². The Morgan fingerprint density at radius 1 is 1.20 bits per heavy atom. The van der Waals surface area contributed by atoms with Crippen molar-refractivity contribution in [3.63, 3.8) is 0 Å². The average Bonchev–Trinajstić information content (AvgIpc) is 2.68. The minimum atomic E-state index is -0.330. The summed E-state index contributed by atoms with van der Waals surface area (Å²) in [5.41, 5.74) is 3.67. The molecule has 164 valence electrons. The first kappa shape index (κ1) is 25.3. The van der Waals surface area contributed by atoms with E-state index < -0.39 is 0 Å². The Morgan fingerprint density at radius 2 is 1.90 bits per heavy atom. The molecule has 0 aromatic heterocycles. The molecular formula is C22H30ClN3O4. The molecule has 1 unspecified atom stereocenters. The fraction of sp³-hybridized carbons (Fsp3) is 0.364. The third-order valence-electron chi connectivity index (χ3n) is 4.08. The number of nitrogens with one attached hydrogen (secondary N) is 1. The van der Waals surface area contributed by atoms with E-state index >= 15 is 0 Å². The highest BCUT2D eigenvalue weighted by molar-refractivity contribution is 5.85. The van der Waals surface area contributed by atoms with E-state index in [2.05, 4.69) is 10.4 Å². The standard InChI is InChI=1S/C22H29N3O4.ClH/c1-15(2)29-22-10-7-18(11-19(22)13-27-4)21(14-28-16(3)26)25-20-8-5-17(6-9-20)12-24-23;/h5-12,15,21,25H,13-14,23H2,1-4H3;1H. The van der Waals surface area contributed by atoms with Crippen molar-refractivity contribution < 1.29 is 19.0 Å². The number of hydrazone groups is 1. The molecule has 3 N–H and O–H groups in total. The molecule has 0 radical (unpaired) electrons. The summed E-state index contributed by atoms with van der Waals surface area (Å²) >= 11 is 0. The van der Waals surface area contributed by atoms with E-state index in [9.17, 15) is 4.79 Å². The highest BCUT2D eigenvalue weighted by Gasteiger charge is 2.16. The molecule has 0 aliphatic rings. The van der Waals surface area contributed by atoms with Crippen molar-refractivity contribution in [3.05, 3.63) is 59.2 Å². The lowest BCUT2D eigenvalue weighted by molar-refractivity contribution is -0.141. The van der Waals surface area contributed by atoms with Crippen LogP contribution < -0.4 is 15.9 Å². The van der Waals surface area contributed by atoms with Crippen molar-refractivity contribution >= 4 is 30.3 Å². The van der Waals surface area contributed by atoms with Crippen molar-refractivity contribution in [1.82, 2.24) is 0 Å². The van der Waals surface area contributed by atoms with Crippen LogP contribution in [-0.2, 0) is 20.9 Å². The maximum Gasteiger partial charge on any atom is 0.302 e. The lowest BCUT2D eigenvalue weighted by Gasteiger charge is -2.22. The molecule has 0 bridgehead atoms. The number of hydrogen-bond donors (Lipinski definition) is 2. The number of hydrogen-bond acceptors (Lipinski definition) is 7. The van der Waals surface area contributed by atoms with E-state index in [1.54, 1.807) is 13.3 Å². The summed E-state index contributed by atoms with van der Waals surface area (Å²) < 4.78 is 16.5. The van der Waals surface area contributed by atoms with Crippen LogP contribution in [0.25, 0.3) is 0 Å². The van der Waals surface area contributed by atoms with Crippen molar-refractivity contribution in [2.75, 3.05) is 19.0 Å². The van der Waals surface area contributed by atoms with Crippen LogP contribution in [0, 0.1) is 0 Å². The zero-order valence-corrected chi connectivity index (χ0v) is 18.6. The molecule has 0 spiro atoms. The molecule has 0 fully saturated rings. The van der Waals surface area contributed by atoms with Crippen LogP contribution in [-0.4, -0.2) is 32.0 Å². The Bertz CT molecular complexity index is 826. The van der Waals surface area contributed by atoms with E-state index in [-0.39, 0.29) is 37.1 Å². The first-order valence-corrected chi connectivity index (χ1v) is 9.44. The molecule has 1 atom stereocenters. The zero-order valence-electron chi connectivity index (χ0n) is 17.8. The lowest BCUT2D eigenvalue weighted by atomic mass is 10.0. The summed E-state index contributed by atoms with van der Waals surface area (Å²) in [6, 6.07) is 13.3. The Labute approximate surface area is 184 Å². The number of anilines is 1. The van der Waals surface area contributed by atoms with Crippen LogP contribution in [0.4, 0.5) is 5.69 Å². The Hall–Kier alpha value is -2.77. The molecule has 0 aliphatic heterocycles. The lowest BCUT2D eigenvalue weighted by Crippen LogP contribution is -2.19. The number of benzene rings is 2. The summed E-state index contributed by atoms with van der Waals surface area (Å²) in [6.45, 7) is 5.97. The Morgan fingerprint density at radius 3 is 2.47 bits per heavy atom. The first-order chi connectivity index (χ1) is 13.9. The molecular weight excluding hydrogens is 406 g/mol. The maximum absolute atomic E-state index is 11.4. The van der Waals surface area contributed by atoms with E-state index in [0.717, 1.165) is 28.1 Å². The number of nitrogens with zero attached hydrogens (tertiary/aromatic N) is 1. The van der Waals surface area contributed by atoms with Gasteiger partial charge in [0.1, 0.15) is 12.4 Å². The maximum atomic E-state index is 11.4. The molecule has 0 aliphatic carbocycles. The fourth-order valence-corrected chi connectivity index (χ4v) is 2.83. The van der Waals surface area contributed by atoms with E-state index in [4.69, 9.17) is 20.1 Å². The predicted molar refractivity (Wildman–Crippen MR) is 121 cm³/mol. The molecule has 0 saturated carbocycles. The van der Waals surface area contributed by atoms with Gasteiger partial charge in [-0.2, -0.15) is 5.10 Å². The number of ether oxygens (including phenoxy) is 3. The third kappa shape index (κ3) is 7.93. The molecule has 30 heavy (non-hydrogen) atoms. The first-order valence-electron chi connectivity index (χ1n) is 9.44. The van der Waals surface area contributed by atoms with Crippen molar-refractivity contribution in [2.45, 2.75) is 39.5 Å². The van der Waals surface area contributed by atoms with Crippen molar-refractivity contribution in [1.29, 1.82) is 0 Å². The van der Waals surface area contributed by atoms with Crippen LogP contribution in [0.2, 0.25) is 0 Å². The van der Waals surface area contributed by atoms with Gasteiger partial charge in [-0.05, 0) is 49.2 Å². The van der Waals surface area contributed by atoms with Crippen molar-refractivity contribution in [3.8, 4) is 5.75 Å². The van der Waals surface area contributed by atoms with Gasteiger partial charge in [0, 0.05) is 25.3 Å². The molecule has 2 rings (SSSR count). The van der Waals surface area contributed by atoms with Gasteiger partial charge >= 0.3 is 5.97 Å². The third-order valence-corrected chi connectivity index (χ3v) is 4.08. The van der Waals surface area contributed by atoms with Crippen LogP contribution in [0.3, 0.4) is 0 Å². The highest BCUT2D eigenvalue weighted by atomic mass is 35.5. The number of halogens is 1. The summed E-state index contributed by atoms with van der Waals surface area (Å²) in [5.74, 6) is 5.64. The normalized spacial score (nSPS) is 11.8. The van der Waals surface area contributed by atoms with Gasteiger partial charge in [0.15, 0.2) is 0 Å². The topological polar surface area (TPSA) is 95.2 Å². The Balaban J connectivity index is 0.00000450. The summed E-state index contributed by atoms with van der Waals surface area (Å²) in [5, 5.41) is 6.94. The monoisotopic (exact) mass is 435 g/mol. The minimum Gasteiger partial charge on any atom is -0.491 e. The average molecular weight is 436 g/mol. The predicted octanol–water partition coefficient (Wildman–Crippen LogP) is 4.05. The molecule has 8 heteroatoms.